The van der Waals surface area contributed by atoms with Gasteiger partial charge in [0.05, 0.1) is 26.6 Å². The summed E-state index contributed by atoms with van der Waals surface area (Å²) in [5, 5.41) is 0. The van der Waals surface area contributed by atoms with Gasteiger partial charge in [0.2, 0.25) is 0 Å². The highest BCUT2D eigenvalue weighted by molar-refractivity contribution is 4.62. The minimum absolute atomic E-state index is 0.410. The third-order valence-corrected chi connectivity index (χ3v) is 2.49. The molecule has 0 aliphatic rings. The first-order valence-corrected chi connectivity index (χ1v) is 6.41. The summed E-state index contributed by atoms with van der Waals surface area (Å²) in [6, 6.07) is 0. The molecule has 0 fully saturated rings. The van der Waals surface area contributed by atoms with Crippen molar-refractivity contribution in [3.63, 3.8) is 0 Å². The molecule has 0 radical (unpaired) electrons. The minimum Gasteiger partial charge on any atom is -0.384 e. The van der Waals surface area contributed by atoms with Crippen molar-refractivity contribution in [1.29, 1.82) is 0 Å². The third-order valence-electron chi connectivity index (χ3n) is 2.49. The normalized spacial score (nSPS) is 12.0. The lowest BCUT2D eigenvalue weighted by molar-refractivity contribution is -0.00659. The Morgan fingerprint density at radius 1 is 1.00 bits per heavy atom. The Labute approximate surface area is 106 Å². The molecule has 104 valence electrons. The van der Waals surface area contributed by atoms with Crippen LogP contribution in [0.2, 0.25) is 0 Å². The summed E-state index contributed by atoms with van der Waals surface area (Å²) in [5.41, 5.74) is 0. The van der Waals surface area contributed by atoms with Gasteiger partial charge in [0.15, 0.2) is 0 Å². The highest BCUT2D eigenvalue weighted by Crippen LogP contribution is 2.03. The molecular formula is C13H29NO3. The number of ether oxygens (including phenoxy) is 3. The topological polar surface area (TPSA) is 30.9 Å². The maximum absolute atomic E-state index is 5.65. The van der Waals surface area contributed by atoms with Crippen LogP contribution in [0.25, 0.3) is 0 Å². The largest absolute Gasteiger partial charge is 0.384 e. The molecule has 0 unspecified atom stereocenters. The van der Waals surface area contributed by atoms with Crippen LogP contribution in [0.3, 0.4) is 0 Å². The number of nitrogens with zero attached hydrogens (tertiary/aromatic N) is 1. The standard InChI is InChI=1S/C13H29NO3/c1-6-14(11-17-8-12(2)3)7-13(9-15-4)10-16-5/h12-13H,6-11H2,1-5H3. The van der Waals surface area contributed by atoms with Crippen LogP contribution < -0.4 is 0 Å². The lowest BCUT2D eigenvalue weighted by Crippen LogP contribution is -2.35. The van der Waals surface area contributed by atoms with Crippen LogP contribution in [0, 0.1) is 11.8 Å². The van der Waals surface area contributed by atoms with Gasteiger partial charge in [-0.1, -0.05) is 20.8 Å². The Kier molecular flexibility index (Phi) is 10.9. The lowest BCUT2D eigenvalue weighted by atomic mass is 10.1. The van der Waals surface area contributed by atoms with E-state index in [-0.39, 0.29) is 0 Å². The Morgan fingerprint density at radius 2 is 1.59 bits per heavy atom. The first-order chi connectivity index (χ1) is 8.13. The van der Waals surface area contributed by atoms with Crippen LogP contribution in [0.4, 0.5) is 0 Å². The van der Waals surface area contributed by atoms with Gasteiger partial charge in [-0.15, -0.1) is 0 Å². The maximum Gasteiger partial charge on any atom is 0.0990 e. The second-order valence-electron chi connectivity index (χ2n) is 4.84. The van der Waals surface area contributed by atoms with Crippen molar-refractivity contribution in [2.24, 2.45) is 11.8 Å². The number of hydrogen-bond donors (Lipinski definition) is 0. The first kappa shape index (κ1) is 16.8. The molecule has 0 rings (SSSR count). The number of rotatable bonds is 11. The maximum atomic E-state index is 5.65. The summed E-state index contributed by atoms with van der Waals surface area (Å²) in [6.07, 6.45) is 0. The Hall–Kier alpha value is -0.160. The van der Waals surface area contributed by atoms with Crippen molar-refractivity contribution < 1.29 is 14.2 Å². The molecule has 0 aromatic carbocycles. The molecule has 0 saturated carbocycles. The van der Waals surface area contributed by atoms with E-state index >= 15 is 0 Å². The molecule has 0 aromatic rings. The van der Waals surface area contributed by atoms with Crippen molar-refractivity contribution in [1.82, 2.24) is 4.90 Å². The second-order valence-corrected chi connectivity index (χ2v) is 4.84. The van der Waals surface area contributed by atoms with Gasteiger partial charge < -0.3 is 14.2 Å². The third kappa shape index (κ3) is 9.53. The quantitative estimate of drug-likeness (QED) is 0.521. The fraction of sp³-hybridized carbons (Fsp3) is 1.00. The lowest BCUT2D eigenvalue weighted by Gasteiger charge is -2.25. The van der Waals surface area contributed by atoms with E-state index in [2.05, 4.69) is 25.7 Å². The molecule has 0 heterocycles. The van der Waals surface area contributed by atoms with Crippen LogP contribution in [0.15, 0.2) is 0 Å². The molecule has 0 amide bonds. The molecule has 0 N–H and O–H groups in total. The van der Waals surface area contributed by atoms with Crippen LogP contribution in [-0.4, -0.2) is 58.8 Å². The summed E-state index contributed by atoms with van der Waals surface area (Å²) in [7, 11) is 3.46. The summed E-state index contributed by atoms with van der Waals surface area (Å²) in [6.45, 7) is 11.4. The smallest absolute Gasteiger partial charge is 0.0990 e. The van der Waals surface area contributed by atoms with Crippen molar-refractivity contribution in [2.75, 3.05) is 53.9 Å². The van der Waals surface area contributed by atoms with E-state index in [0.717, 1.165) is 32.9 Å². The van der Waals surface area contributed by atoms with E-state index < -0.39 is 0 Å². The molecule has 4 heteroatoms. The Balaban J connectivity index is 3.89. The number of methoxy groups -OCH3 is 2. The van der Waals surface area contributed by atoms with Gasteiger partial charge in [-0.3, -0.25) is 4.90 Å². The average molecular weight is 247 g/mol. The van der Waals surface area contributed by atoms with Crippen molar-refractivity contribution in [2.45, 2.75) is 20.8 Å². The van der Waals surface area contributed by atoms with E-state index in [1.54, 1.807) is 14.2 Å². The molecule has 4 nitrogen and oxygen atoms in total. The zero-order valence-corrected chi connectivity index (χ0v) is 12.1. The molecule has 0 saturated heterocycles. The molecular weight excluding hydrogens is 218 g/mol. The second kappa shape index (κ2) is 11.0. The molecule has 17 heavy (non-hydrogen) atoms. The van der Waals surface area contributed by atoms with Crippen LogP contribution in [0.5, 0.6) is 0 Å². The van der Waals surface area contributed by atoms with Crippen molar-refractivity contribution >= 4 is 0 Å². The monoisotopic (exact) mass is 247 g/mol. The Morgan fingerprint density at radius 3 is 2.00 bits per heavy atom. The van der Waals surface area contributed by atoms with Crippen LogP contribution in [0.1, 0.15) is 20.8 Å². The van der Waals surface area contributed by atoms with Gasteiger partial charge in [-0.05, 0) is 12.5 Å². The van der Waals surface area contributed by atoms with Crippen LogP contribution >= 0.6 is 0 Å². The molecule has 0 aliphatic heterocycles. The molecule has 0 bridgehead atoms. The zero-order chi connectivity index (χ0) is 13.1. The Bertz CT molecular complexity index is 159. The SMILES string of the molecule is CCN(COCC(C)C)CC(COC)COC. The van der Waals surface area contributed by atoms with E-state index in [9.17, 15) is 0 Å². The highest BCUT2D eigenvalue weighted by Gasteiger charge is 2.13. The van der Waals surface area contributed by atoms with Crippen molar-refractivity contribution in [3.05, 3.63) is 0 Å². The fourth-order valence-corrected chi connectivity index (χ4v) is 1.68. The summed E-state index contributed by atoms with van der Waals surface area (Å²) < 4.78 is 16.0. The zero-order valence-electron chi connectivity index (χ0n) is 12.1. The summed E-state index contributed by atoms with van der Waals surface area (Å²) >= 11 is 0. The number of hydrogen-bond acceptors (Lipinski definition) is 4. The molecule has 0 aromatic heterocycles. The minimum atomic E-state index is 0.410. The van der Waals surface area contributed by atoms with Gasteiger partial charge in [0.1, 0.15) is 0 Å². The fourth-order valence-electron chi connectivity index (χ4n) is 1.68. The van der Waals surface area contributed by atoms with Crippen molar-refractivity contribution in [3.8, 4) is 0 Å². The molecule has 0 atom stereocenters. The summed E-state index contributed by atoms with van der Waals surface area (Å²) in [5.74, 6) is 0.995. The van der Waals surface area contributed by atoms with Gasteiger partial charge >= 0.3 is 0 Å². The average Bonchev–Trinajstić information content (AvgIpc) is 2.27. The van der Waals surface area contributed by atoms with E-state index in [0.29, 0.717) is 18.6 Å². The predicted molar refractivity (Wildman–Crippen MR) is 70.1 cm³/mol. The van der Waals surface area contributed by atoms with E-state index in [1.807, 2.05) is 0 Å². The highest BCUT2D eigenvalue weighted by atomic mass is 16.5. The molecule has 0 spiro atoms. The van der Waals surface area contributed by atoms with Gasteiger partial charge in [0, 0.05) is 26.7 Å². The van der Waals surface area contributed by atoms with E-state index in [1.165, 1.54) is 0 Å². The first-order valence-electron chi connectivity index (χ1n) is 6.41. The predicted octanol–water partition coefficient (Wildman–Crippen LogP) is 1.85. The summed E-state index contributed by atoms with van der Waals surface area (Å²) in [4.78, 5) is 2.28. The van der Waals surface area contributed by atoms with Gasteiger partial charge in [0.25, 0.3) is 0 Å². The van der Waals surface area contributed by atoms with Gasteiger partial charge in [-0.2, -0.15) is 0 Å². The molecule has 0 aliphatic carbocycles. The van der Waals surface area contributed by atoms with E-state index in [4.69, 9.17) is 14.2 Å². The van der Waals surface area contributed by atoms with Gasteiger partial charge in [-0.25, -0.2) is 0 Å². The van der Waals surface area contributed by atoms with Crippen LogP contribution in [-0.2, 0) is 14.2 Å².